The van der Waals surface area contributed by atoms with Gasteiger partial charge in [0.15, 0.2) is 0 Å². The number of hydrogen-bond acceptors (Lipinski definition) is 4. The Morgan fingerprint density at radius 2 is 1.72 bits per heavy atom. The lowest BCUT2D eigenvalue weighted by atomic mass is 10.0. The zero-order chi connectivity index (χ0) is 23.5. The summed E-state index contributed by atoms with van der Waals surface area (Å²) in [6, 6.07) is 10.5. The average Bonchev–Trinajstić information content (AvgIpc) is 2.78. The Bertz CT molecular complexity index is 991. The maximum Gasteiger partial charge on any atom is 0.416 e. The van der Waals surface area contributed by atoms with Crippen LogP contribution < -0.4 is 15.5 Å². The molecule has 2 aromatic rings. The summed E-state index contributed by atoms with van der Waals surface area (Å²) in [5.41, 5.74) is 0.358. The van der Waals surface area contributed by atoms with Crippen LogP contribution >= 0.6 is 0 Å². The fourth-order valence-electron chi connectivity index (χ4n) is 3.29. The second-order valence-corrected chi connectivity index (χ2v) is 7.26. The number of anilines is 2. The van der Waals surface area contributed by atoms with Gasteiger partial charge in [-0.3, -0.25) is 14.4 Å². The van der Waals surface area contributed by atoms with Gasteiger partial charge >= 0.3 is 6.18 Å². The van der Waals surface area contributed by atoms with E-state index in [1.54, 1.807) is 24.3 Å². The Morgan fingerprint density at radius 3 is 2.28 bits per heavy atom. The van der Waals surface area contributed by atoms with Crippen LogP contribution in [0.5, 0.6) is 0 Å². The van der Waals surface area contributed by atoms with Gasteiger partial charge in [-0.05, 0) is 48.5 Å². The summed E-state index contributed by atoms with van der Waals surface area (Å²) in [5.74, 6) is -2.10. The molecule has 7 nitrogen and oxygen atoms in total. The van der Waals surface area contributed by atoms with Crippen molar-refractivity contribution in [1.29, 1.82) is 0 Å². The highest BCUT2D eigenvalue weighted by Crippen LogP contribution is 2.31. The monoisotopic (exact) mass is 449 g/mol. The van der Waals surface area contributed by atoms with E-state index < -0.39 is 35.6 Å². The van der Waals surface area contributed by atoms with Crippen LogP contribution in [0.2, 0.25) is 0 Å². The molecule has 2 N–H and O–H groups in total. The lowest BCUT2D eigenvalue weighted by molar-refractivity contribution is -0.143. The molecule has 2 atom stereocenters. The van der Waals surface area contributed by atoms with Gasteiger partial charge in [0.05, 0.1) is 18.1 Å². The highest BCUT2D eigenvalue weighted by Gasteiger charge is 2.38. The van der Waals surface area contributed by atoms with Crippen molar-refractivity contribution >= 4 is 29.1 Å². The molecule has 1 aliphatic rings. The molecule has 3 amide bonds. The maximum absolute atomic E-state index is 12.9. The molecule has 1 saturated heterocycles. The second kappa shape index (κ2) is 9.39. The van der Waals surface area contributed by atoms with Crippen LogP contribution in [0.25, 0.3) is 0 Å². The lowest BCUT2D eigenvalue weighted by Crippen LogP contribution is -2.52. The second-order valence-electron chi connectivity index (χ2n) is 7.26. The average molecular weight is 449 g/mol. The lowest BCUT2D eigenvalue weighted by Gasteiger charge is -2.34. The molecule has 1 fully saturated rings. The van der Waals surface area contributed by atoms with Crippen molar-refractivity contribution in [3.05, 3.63) is 59.7 Å². The van der Waals surface area contributed by atoms with Crippen LogP contribution in [0.1, 0.15) is 22.8 Å². The van der Waals surface area contributed by atoms with Crippen LogP contribution in [0.15, 0.2) is 48.5 Å². The van der Waals surface area contributed by atoms with E-state index in [1.165, 1.54) is 31.0 Å². The summed E-state index contributed by atoms with van der Waals surface area (Å²) in [7, 11) is 1.51. The molecule has 0 spiro atoms. The Kier molecular flexibility index (Phi) is 6.83. The zero-order valence-electron chi connectivity index (χ0n) is 17.4. The smallest absolute Gasteiger partial charge is 0.366 e. The van der Waals surface area contributed by atoms with Gasteiger partial charge in [0.25, 0.3) is 11.8 Å². The van der Waals surface area contributed by atoms with E-state index in [4.69, 9.17) is 4.74 Å². The van der Waals surface area contributed by atoms with Crippen LogP contribution in [-0.2, 0) is 20.5 Å². The van der Waals surface area contributed by atoms with Crippen molar-refractivity contribution < 1.29 is 32.3 Å². The summed E-state index contributed by atoms with van der Waals surface area (Å²) in [6.07, 6.45) is -5.56. The van der Waals surface area contributed by atoms with Gasteiger partial charge in [-0.1, -0.05) is 6.92 Å². The normalized spacial score (nSPS) is 17.6. The first kappa shape index (κ1) is 23.3. The van der Waals surface area contributed by atoms with Gasteiger partial charge in [-0.2, -0.15) is 13.2 Å². The number of halogens is 3. The first-order valence-electron chi connectivity index (χ1n) is 9.85. The standard InChI is InChI=1S/C22H22F3N3O4/c1-13(19(29)27-16-7-3-14(4-8-16)20(30)26-2)18-21(31)28(11-12-32-18)17-9-5-15(6-10-17)22(23,24)25/h3-10,13,18H,11-12H2,1-2H3,(H,26,30)(H,27,29). The number of benzene rings is 2. The molecule has 170 valence electrons. The number of carbonyl (C=O) groups excluding carboxylic acids is 3. The van der Waals surface area contributed by atoms with Gasteiger partial charge in [0.1, 0.15) is 6.10 Å². The minimum atomic E-state index is -4.47. The zero-order valence-corrected chi connectivity index (χ0v) is 17.4. The summed E-state index contributed by atoms with van der Waals surface area (Å²) >= 11 is 0. The third-order valence-electron chi connectivity index (χ3n) is 5.14. The highest BCUT2D eigenvalue weighted by molar-refractivity contribution is 6.02. The van der Waals surface area contributed by atoms with E-state index in [0.29, 0.717) is 16.9 Å². The number of nitrogens with one attached hydrogen (secondary N) is 2. The van der Waals surface area contributed by atoms with Crippen LogP contribution in [0.3, 0.4) is 0 Å². The quantitative estimate of drug-likeness (QED) is 0.735. The molecule has 0 aliphatic carbocycles. The van der Waals surface area contributed by atoms with Gasteiger partial charge in [-0.15, -0.1) is 0 Å². The van der Waals surface area contributed by atoms with Crippen molar-refractivity contribution in [2.24, 2.45) is 5.92 Å². The third kappa shape index (κ3) is 5.08. The molecule has 3 rings (SSSR count). The molecule has 2 unspecified atom stereocenters. The fourth-order valence-corrected chi connectivity index (χ4v) is 3.29. The molecule has 2 aromatic carbocycles. The molecule has 10 heteroatoms. The number of hydrogen-bond donors (Lipinski definition) is 2. The van der Waals surface area contributed by atoms with E-state index in [1.807, 2.05) is 0 Å². The summed E-state index contributed by atoms with van der Waals surface area (Å²) in [6.45, 7) is 1.83. The SMILES string of the molecule is CNC(=O)c1ccc(NC(=O)C(C)C2OCCN(c3ccc(C(F)(F)F)cc3)C2=O)cc1. The third-order valence-corrected chi connectivity index (χ3v) is 5.14. The topological polar surface area (TPSA) is 87.7 Å². The van der Waals surface area contributed by atoms with E-state index in [2.05, 4.69) is 10.6 Å². The number of rotatable bonds is 5. The van der Waals surface area contributed by atoms with Crippen molar-refractivity contribution in [1.82, 2.24) is 5.32 Å². The predicted octanol–water partition coefficient (Wildman–Crippen LogP) is 3.07. The summed E-state index contributed by atoms with van der Waals surface area (Å²) < 4.78 is 43.9. The van der Waals surface area contributed by atoms with Gasteiger partial charge in [0, 0.05) is 30.5 Å². The summed E-state index contributed by atoms with van der Waals surface area (Å²) in [5, 5.41) is 5.17. The molecule has 0 saturated carbocycles. The van der Waals surface area contributed by atoms with Crippen LogP contribution in [0.4, 0.5) is 24.5 Å². The molecule has 1 aliphatic heterocycles. The number of morpholine rings is 1. The molecule has 1 heterocycles. The number of carbonyl (C=O) groups is 3. The number of amides is 3. The fraction of sp³-hybridized carbons (Fsp3) is 0.318. The van der Waals surface area contributed by atoms with Crippen molar-refractivity contribution in [3.8, 4) is 0 Å². The Hall–Kier alpha value is -3.40. The first-order chi connectivity index (χ1) is 15.1. The van der Waals surface area contributed by atoms with Crippen LogP contribution in [0, 0.1) is 5.92 Å². The Labute approximate surface area is 182 Å². The van der Waals surface area contributed by atoms with Gasteiger partial charge < -0.3 is 20.3 Å². The highest BCUT2D eigenvalue weighted by atomic mass is 19.4. The molecule has 32 heavy (non-hydrogen) atoms. The van der Waals surface area contributed by atoms with Crippen molar-refractivity contribution in [2.45, 2.75) is 19.2 Å². The molecule has 0 aromatic heterocycles. The molecule has 0 bridgehead atoms. The van der Waals surface area contributed by atoms with E-state index >= 15 is 0 Å². The van der Waals surface area contributed by atoms with Gasteiger partial charge in [-0.25, -0.2) is 0 Å². The van der Waals surface area contributed by atoms with E-state index in [9.17, 15) is 27.6 Å². The van der Waals surface area contributed by atoms with E-state index in [0.717, 1.165) is 12.1 Å². The minimum absolute atomic E-state index is 0.135. The minimum Gasteiger partial charge on any atom is -0.366 e. The Morgan fingerprint density at radius 1 is 1.09 bits per heavy atom. The van der Waals surface area contributed by atoms with E-state index in [-0.39, 0.29) is 19.1 Å². The van der Waals surface area contributed by atoms with Crippen molar-refractivity contribution in [3.63, 3.8) is 0 Å². The largest absolute Gasteiger partial charge is 0.416 e. The number of nitrogens with zero attached hydrogens (tertiary/aromatic N) is 1. The predicted molar refractivity (Wildman–Crippen MR) is 111 cm³/mol. The molecular weight excluding hydrogens is 427 g/mol. The summed E-state index contributed by atoms with van der Waals surface area (Å²) in [4.78, 5) is 38.5. The maximum atomic E-state index is 12.9. The van der Waals surface area contributed by atoms with Gasteiger partial charge in [0.2, 0.25) is 5.91 Å². The molecule has 0 radical (unpaired) electrons. The number of alkyl halides is 3. The Balaban J connectivity index is 1.68. The first-order valence-corrected chi connectivity index (χ1v) is 9.85. The van der Waals surface area contributed by atoms with Crippen molar-refractivity contribution in [2.75, 3.05) is 30.4 Å². The molecular formula is C22H22F3N3O4. The number of ether oxygens (including phenoxy) is 1. The van der Waals surface area contributed by atoms with Crippen LogP contribution in [-0.4, -0.2) is 44.0 Å².